The molecular formula is C10H20N4S. The van der Waals surface area contributed by atoms with Gasteiger partial charge in [-0.05, 0) is 24.9 Å². The molecule has 0 radical (unpaired) electrons. The number of anilines is 2. The Morgan fingerprint density at radius 2 is 2.27 bits per heavy atom. The average molecular weight is 228 g/mol. The van der Waals surface area contributed by atoms with E-state index in [1.807, 2.05) is 23.5 Å². The Kier molecular flexibility index (Phi) is 4.81. The minimum atomic E-state index is 0.796. The van der Waals surface area contributed by atoms with Gasteiger partial charge in [0.05, 0.1) is 11.4 Å². The third-order valence-corrected chi connectivity index (χ3v) is 3.01. The molecule has 1 aromatic heterocycles. The summed E-state index contributed by atoms with van der Waals surface area (Å²) in [5.74, 6) is 2.12. The Balaban J connectivity index is 2.56. The van der Waals surface area contributed by atoms with Crippen LogP contribution in [-0.2, 0) is 13.5 Å². The van der Waals surface area contributed by atoms with E-state index in [1.54, 1.807) is 0 Å². The smallest absolute Gasteiger partial charge is 0.147 e. The average Bonchev–Trinajstić information content (AvgIpc) is 2.50. The lowest BCUT2D eigenvalue weighted by atomic mass is 10.3. The molecule has 1 heterocycles. The number of aryl methyl sites for hydroxylation is 2. The zero-order chi connectivity index (χ0) is 11.3. The van der Waals surface area contributed by atoms with Gasteiger partial charge in [-0.3, -0.25) is 4.68 Å². The number of nitrogens with zero attached hydrogens (tertiary/aromatic N) is 2. The van der Waals surface area contributed by atoms with E-state index in [9.17, 15) is 0 Å². The summed E-state index contributed by atoms with van der Waals surface area (Å²) in [6.45, 7) is 3.02. The van der Waals surface area contributed by atoms with Crippen LogP contribution in [0.2, 0.25) is 0 Å². The zero-order valence-corrected chi connectivity index (χ0v) is 10.5. The van der Waals surface area contributed by atoms with Gasteiger partial charge in [0.25, 0.3) is 0 Å². The van der Waals surface area contributed by atoms with Gasteiger partial charge < -0.3 is 11.1 Å². The fourth-order valence-electron chi connectivity index (χ4n) is 1.49. The van der Waals surface area contributed by atoms with Crippen molar-refractivity contribution in [3.63, 3.8) is 0 Å². The zero-order valence-electron chi connectivity index (χ0n) is 9.71. The maximum Gasteiger partial charge on any atom is 0.147 e. The predicted molar refractivity (Wildman–Crippen MR) is 68.5 cm³/mol. The highest BCUT2D eigenvalue weighted by atomic mass is 32.2. The third kappa shape index (κ3) is 3.06. The molecule has 0 unspecified atom stereocenters. The van der Waals surface area contributed by atoms with Crippen molar-refractivity contribution < 1.29 is 0 Å². The Morgan fingerprint density at radius 1 is 1.53 bits per heavy atom. The Bertz CT molecular complexity index is 309. The maximum atomic E-state index is 5.98. The van der Waals surface area contributed by atoms with Gasteiger partial charge in [0, 0.05) is 13.6 Å². The molecule has 1 rings (SSSR count). The summed E-state index contributed by atoms with van der Waals surface area (Å²) in [6, 6.07) is 0. The van der Waals surface area contributed by atoms with Gasteiger partial charge in [-0.25, -0.2) is 0 Å². The standard InChI is InChI=1S/C10H20N4S/c1-4-8-9(11)10(14(2)13-8)12-6-5-7-15-3/h12H,4-7,11H2,1-3H3. The van der Waals surface area contributed by atoms with Crippen molar-refractivity contribution in [3.05, 3.63) is 5.69 Å². The van der Waals surface area contributed by atoms with Crippen LogP contribution in [-0.4, -0.2) is 28.3 Å². The van der Waals surface area contributed by atoms with E-state index in [1.165, 1.54) is 5.75 Å². The Labute approximate surface area is 95.6 Å². The van der Waals surface area contributed by atoms with Crippen molar-refractivity contribution in [1.82, 2.24) is 9.78 Å². The Hall–Kier alpha value is -0.840. The van der Waals surface area contributed by atoms with Crippen LogP contribution in [0.25, 0.3) is 0 Å². The molecule has 0 spiro atoms. The maximum absolute atomic E-state index is 5.98. The Morgan fingerprint density at radius 3 is 2.80 bits per heavy atom. The summed E-state index contributed by atoms with van der Waals surface area (Å²) >= 11 is 1.86. The van der Waals surface area contributed by atoms with Gasteiger partial charge in [0.2, 0.25) is 0 Å². The lowest BCUT2D eigenvalue weighted by Crippen LogP contribution is -2.08. The van der Waals surface area contributed by atoms with Crippen LogP contribution in [0.4, 0.5) is 11.5 Å². The van der Waals surface area contributed by atoms with Gasteiger partial charge in [-0.1, -0.05) is 6.92 Å². The van der Waals surface area contributed by atoms with E-state index in [2.05, 4.69) is 23.6 Å². The lowest BCUT2D eigenvalue weighted by Gasteiger charge is -2.06. The number of nitrogens with one attached hydrogen (secondary N) is 1. The topological polar surface area (TPSA) is 55.9 Å². The summed E-state index contributed by atoms with van der Waals surface area (Å²) in [5, 5.41) is 7.68. The molecule has 0 fully saturated rings. The quantitative estimate of drug-likeness (QED) is 0.728. The van der Waals surface area contributed by atoms with Crippen LogP contribution in [0.1, 0.15) is 19.0 Å². The van der Waals surface area contributed by atoms with Gasteiger partial charge in [-0.2, -0.15) is 16.9 Å². The number of thioether (sulfide) groups is 1. The molecule has 0 atom stereocenters. The summed E-state index contributed by atoms with van der Waals surface area (Å²) in [5.41, 5.74) is 7.75. The van der Waals surface area contributed by atoms with E-state index in [0.29, 0.717) is 0 Å². The molecule has 0 saturated heterocycles. The second-order valence-electron chi connectivity index (χ2n) is 3.46. The van der Waals surface area contributed by atoms with E-state index >= 15 is 0 Å². The molecule has 4 nitrogen and oxygen atoms in total. The van der Waals surface area contributed by atoms with Crippen molar-refractivity contribution >= 4 is 23.3 Å². The molecule has 0 aromatic carbocycles. The van der Waals surface area contributed by atoms with Crippen LogP contribution in [0.15, 0.2) is 0 Å². The molecule has 0 amide bonds. The molecule has 0 aliphatic heterocycles. The molecule has 0 aliphatic carbocycles. The monoisotopic (exact) mass is 228 g/mol. The van der Waals surface area contributed by atoms with Crippen molar-refractivity contribution in [2.45, 2.75) is 19.8 Å². The first-order valence-electron chi connectivity index (χ1n) is 5.24. The number of hydrogen-bond acceptors (Lipinski definition) is 4. The molecule has 0 bridgehead atoms. The molecule has 0 aliphatic rings. The van der Waals surface area contributed by atoms with Crippen molar-refractivity contribution in [2.24, 2.45) is 7.05 Å². The number of hydrogen-bond donors (Lipinski definition) is 2. The van der Waals surface area contributed by atoms with Crippen LogP contribution in [0, 0.1) is 0 Å². The first kappa shape index (κ1) is 12.2. The molecule has 0 saturated carbocycles. The van der Waals surface area contributed by atoms with Gasteiger partial charge >= 0.3 is 0 Å². The number of nitrogen functional groups attached to an aromatic ring is 1. The highest BCUT2D eigenvalue weighted by Gasteiger charge is 2.10. The van der Waals surface area contributed by atoms with Crippen LogP contribution < -0.4 is 11.1 Å². The summed E-state index contributed by atoms with van der Waals surface area (Å²) < 4.78 is 1.83. The summed E-state index contributed by atoms with van der Waals surface area (Å²) in [7, 11) is 1.92. The lowest BCUT2D eigenvalue weighted by molar-refractivity contribution is 0.746. The third-order valence-electron chi connectivity index (χ3n) is 2.31. The largest absolute Gasteiger partial charge is 0.394 e. The first-order chi connectivity index (χ1) is 7.20. The highest BCUT2D eigenvalue weighted by Crippen LogP contribution is 2.21. The number of rotatable bonds is 6. The molecule has 86 valence electrons. The normalized spacial score (nSPS) is 10.6. The van der Waals surface area contributed by atoms with E-state index in [-0.39, 0.29) is 0 Å². The van der Waals surface area contributed by atoms with Gasteiger partial charge in [0.15, 0.2) is 0 Å². The number of aromatic nitrogens is 2. The molecule has 5 heteroatoms. The molecular weight excluding hydrogens is 208 g/mol. The number of nitrogens with two attached hydrogens (primary N) is 1. The van der Waals surface area contributed by atoms with Gasteiger partial charge in [0.1, 0.15) is 5.82 Å². The second-order valence-corrected chi connectivity index (χ2v) is 4.44. The first-order valence-corrected chi connectivity index (χ1v) is 6.64. The van der Waals surface area contributed by atoms with E-state index < -0.39 is 0 Å². The molecule has 1 aromatic rings. The minimum absolute atomic E-state index is 0.796. The minimum Gasteiger partial charge on any atom is -0.394 e. The molecule has 3 N–H and O–H groups in total. The highest BCUT2D eigenvalue weighted by molar-refractivity contribution is 7.98. The fourth-order valence-corrected chi connectivity index (χ4v) is 1.92. The molecule has 15 heavy (non-hydrogen) atoms. The van der Waals surface area contributed by atoms with Crippen LogP contribution in [0.3, 0.4) is 0 Å². The second kappa shape index (κ2) is 5.90. The van der Waals surface area contributed by atoms with Crippen molar-refractivity contribution in [3.8, 4) is 0 Å². The van der Waals surface area contributed by atoms with Crippen LogP contribution >= 0.6 is 11.8 Å². The predicted octanol–water partition coefficient (Wildman–Crippen LogP) is 1.73. The van der Waals surface area contributed by atoms with Crippen molar-refractivity contribution in [2.75, 3.05) is 29.6 Å². The van der Waals surface area contributed by atoms with Crippen molar-refractivity contribution in [1.29, 1.82) is 0 Å². The summed E-state index contributed by atoms with van der Waals surface area (Å²) in [4.78, 5) is 0. The van der Waals surface area contributed by atoms with E-state index in [4.69, 9.17) is 5.73 Å². The summed E-state index contributed by atoms with van der Waals surface area (Å²) in [6.07, 6.45) is 4.15. The fraction of sp³-hybridized carbons (Fsp3) is 0.700. The van der Waals surface area contributed by atoms with E-state index in [0.717, 1.165) is 36.6 Å². The van der Waals surface area contributed by atoms with Gasteiger partial charge in [-0.15, -0.1) is 0 Å². The van der Waals surface area contributed by atoms with Crippen LogP contribution in [0.5, 0.6) is 0 Å². The SMILES string of the molecule is CCc1nn(C)c(NCCCSC)c1N.